The summed E-state index contributed by atoms with van der Waals surface area (Å²) in [6.45, 7) is 1.49. The van der Waals surface area contributed by atoms with Crippen LogP contribution in [0.25, 0.3) is 0 Å². The molecule has 0 unspecified atom stereocenters. The molecular formula is C10H8BrCl3O3. The molecule has 94 valence electrons. The number of benzene rings is 1. The van der Waals surface area contributed by atoms with Crippen LogP contribution in [0.2, 0.25) is 0 Å². The van der Waals surface area contributed by atoms with Crippen molar-refractivity contribution in [2.75, 3.05) is 6.61 Å². The summed E-state index contributed by atoms with van der Waals surface area (Å²) in [5.41, 5.74) is 0.934. The van der Waals surface area contributed by atoms with Crippen LogP contribution in [0.3, 0.4) is 0 Å². The Kier molecular flexibility index (Phi) is 5.38. The van der Waals surface area contributed by atoms with E-state index in [0.717, 1.165) is 10.0 Å². The highest BCUT2D eigenvalue weighted by atomic mass is 79.9. The van der Waals surface area contributed by atoms with E-state index in [-0.39, 0.29) is 6.61 Å². The van der Waals surface area contributed by atoms with Crippen LogP contribution in [0.1, 0.15) is 5.56 Å². The van der Waals surface area contributed by atoms with E-state index in [2.05, 4.69) is 20.7 Å². The Morgan fingerprint density at radius 3 is 2.53 bits per heavy atom. The number of carbonyl (C=O) groups excluding carboxylic acids is 1. The van der Waals surface area contributed by atoms with Gasteiger partial charge in [-0.1, -0.05) is 50.7 Å². The van der Waals surface area contributed by atoms with Crippen LogP contribution in [-0.2, 0) is 4.74 Å². The van der Waals surface area contributed by atoms with Crippen LogP contribution < -0.4 is 4.74 Å². The first-order valence-corrected chi connectivity index (χ1v) is 6.37. The number of alkyl halides is 3. The number of rotatable bonds is 2. The van der Waals surface area contributed by atoms with Gasteiger partial charge in [-0.3, -0.25) is 0 Å². The second kappa shape index (κ2) is 6.14. The topological polar surface area (TPSA) is 35.5 Å². The van der Waals surface area contributed by atoms with Crippen LogP contribution in [0, 0.1) is 6.92 Å². The Hall–Kier alpha value is -0.160. The molecule has 0 aromatic heterocycles. The lowest BCUT2D eigenvalue weighted by molar-refractivity contribution is 0.101. The number of carbonyl (C=O) groups is 1. The van der Waals surface area contributed by atoms with Crippen molar-refractivity contribution in [2.45, 2.75) is 10.7 Å². The average molecular weight is 362 g/mol. The van der Waals surface area contributed by atoms with Crippen molar-refractivity contribution in [3.05, 3.63) is 28.2 Å². The quantitative estimate of drug-likeness (QED) is 0.437. The van der Waals surface area contributed by atoms with Crippen molar-refractivity contribution in [1.82, 2.24) is 0 Å². The van der Waals surface area contributed by atoms with Gasteiger partial charge in [-0.2, -0.15) is 0 Å². The first-order valence-electron chi connectivity index (χ1n) is 4.45. The Labute approximate surface area is 122 Å². The molecule has 0 N–H and O–H groups in total. The first kappa shape index (κ1) is 14.9. The maximum atomic E-state index is 11.2. The second-order valence-electron chi connectivity index (χ2n) is 3.22. The van der Waals surface area contributed by atoms with Crippen LogP contribution >= 0.6 is 50.7 Å². The highest BCUT2D eigenvalue weighted by molar-refractivity contribution is 9.10. The number of aryl methyl sites for hydroxylation is 1. The van der Waals surface area contributed by atoms with Gasteiger partial charge in [0.1, 0.15) is 12.4 Å². The van der Waals surface area contributed by atoms with Gasteiger partial charge in [0.2, 0.25) is 3.79 Å². The lowest BCUT2D eigenvalue weighted by Crippen LogP contribution is -2.19. The molecule has 0 bridgehead atoms. The van der Waals surface area contributed by atoms with Gasteiger partial charge in [-0.25, -0.2) is 4.79 Å². The number of hydrogen-bond donors (Lipinski definition) is 0. The highest BCUT2D eigenvalue weighted by Gasteiger charge is 2.22. The van der Waals surface area contributed by atoms with Gasteiger partial charge < -0.3 is 9.47 Å². The van der Waals surface area contributed by atoms with E-state index in [1.165, 1.54) is 0 Å². The van der Waals surface area contributed by atoms with Crippen LogP contribution in [0.15, 0.2) is 22.7 Å². The first-order chi connectivity index (χ1) is 7.76. The fraction of sp³-hybridized carbons (Fsp3) is 0.300. The predicted octanol–water partition coefficient (Wildman–Crippen LogP) is 4.64. The van der Waals surface area contributed by atoms with E-state index in [4.69, 9.17) is 39.5 Å². The summed E-state index contributed by atoms with van der Waals surface area (Å²) in [5.74, 6) is 0.353. The van der Waals surface area contributed by atoms with Gasteiger partial charge in [0.25, 0.3) is 0 Å². The molecule has 0 atom stereocenters. The third kappa shape index (κ3) is 6.36. The summed E-state index contributed by atoms with van der Waals surface area (Å²) in [7, 11) is 0. The molecule has 0 amide bonds. The smallest absolute Gasteiger partial charge is 0.429 e. The SMILES string of the molecule is Cc1cc(Br)cc(OC(=O)OCC(Cl)(Cl)Cl)c1. The Bertz CT molecular complexity index is 397. The minimum Gasteiger partial charge on any atom is -0.429 e. The molecule has 1 rings (SSSR count). The molecule has 0 fully saturated rings. The Morgan fingerprint density at radius 1 is 1.35 bits per heavy atom. The fourth-order valence-corrected chi connectivity index (χ4v) is 1.78. The molecule has 0 radical (unpaired) electrons. The van der Waals surface area contributed by atoms with Crippen molar-refractivity contribution in [1.29, 1.82) is 0 Å². The van der Waals surface area contributed by atoms with E-state index in [1.54, 1.807) is 12.1 Å². The highest BCUT2D eigenvalue weighted by Crippen LogP contribution is 2.26. The van der Waals surface area contributed by atoms with Gasteiger partial charge in [-0.05, 0) is 30.7 Å². The molecule has 0 saturated heterocycles. The van der Waals surface area contributed by atoms with Crippen molar-refractivity contribution in [3.8, 4) is 5.75 Å². The molecule has 3 nitrogen and oxygen atoms in total. The van der Waals surface area contributed by atoms with Crippen LogP contribution in [0.5, 0.6) is 5.75 Å². The Balaban J connectivity index is 2.56. The molecule has 0 aliphatic carbocycles. The lowest BCUT2D eigenvalue weighted by atomic mass is 10.2. The van der Waals surface area contributed by atoms with Gasteiger partial charge in [0, 0.05) is 4.47 Å². The summed E-state index contributed by atoms with van der Waals surface area (Å²) in [6.07, 6.45) is -0.922. The number of ether oxygens (including phenoxy) is 2. The van der Waals surface area contributed by atoms with Crippen molar-refractivity contribution in [3.63, 3.8) is 0 Å². The van der Waals surface area contributed by atoms with Gasteiger partial charge in [-0.15, -0.1) is 0 Å². The zero-order valence-corrected chi connectivity index (χ0v) is 12.5. The van der Waals surface area contributed by atoms with Crippen molar-refractivity contribution in [2.24, 2.45) is 0 Å². The van der Waals surface area contributed by atoms with E-state index >= 15 is 0 Å². The van der Waals surface area contributed by atoms with Crippen molar-refractivity contribution < 1.29 is 14.3 Å². The zero-order chi connectivity index (χ0) is 13.1. The number of hydrogen-bond acceptors (Lipinski definition) is 3. The monoisotopic (exact) mass is 360 g/mol. The van der Waals surface area contributed by atoms with E-state index in [9.17, 15) is 4.79 Å². The van der Waals surface area contributed by atoms with Gasteiger partial charge in [0.15, 0.2) is 0 Å². The Morgan fingerprint density at radius 2 is 2.00 bits per heavy atom. The molecule has 0 saturated carbocycles. The van der Waals surface area contributed by atoms with E-state index in [0.29, 0.717) is 5.75 Å². The maximum Gasteiger partial charge on any atom is 0.513 e. The van der Waals surface area contributed by atoms with Gasteiger partial charge >= 0.3 is 6.16 Å². The molecule has 0 spiro atoms. The molecule has 0 heterocycles. The molecule has 17 heavy (non-hydrogen) atoms. The third-order valence-electron chi connectivity index (χ3n) is 1.57. The fourth-order valence-electron chi connectivity index (χ4n) is 1.03. The summed E-state index contributed by atoms with van der Waals surface area (Å²) in [5, 5.41) is 0. The summed E-state index contributed by atoms with van der Waals surface area (Å²) >= 11 is 19.5. The second-order valence-corrected chi connectivity index (χ2v) is 6.65. The zero-order valence-electron chi connectivity index (χ0n) is 8.68. The summed E-state index contributed by atoms with van der Waals surface area (Å²) in [4.78, 5) is 11.2. The molecule has 1 aromatic rings. The molecular weight excluding hydrogens is 354 g/mol. The van der Waals surface area contributed by atoms with E-state index < -0.39 is 9.95 Å². The predicted molar refractivity (Wildman–Crippen MR) is 71.1 cm³/mol. The van der Waals surface area contributed by atoms with Crippen LogP contribution in [0.4, 0.5) is 4.79 Å². The lowest BCUT2D eigenvalue weighted by Gasteiger charge is -2.11. The largest absolute Gasteiger partial charge is 0.513 e. The van der Waals surface area contributed by atoms with Crippen LogP contribution in [-0.4, -0.2) is 16.6 Å². The minimum atomic E-state index is -1.65. The maximum absolute atomic E-state index is 11.2. The third-order valence-corrected chi connectivity index (χ3v) is 2.36. The summed E-state index contributed by atoms with van der Waals surface area (Å²) < 4.78 is 8.67. The summed E-state index contributed by atoms with van der Waals surface area (Å²) in [6, 6.07) is 5.18. The average Bonchev–Trinajstić information content (AvgIpc) is 2.11. The van der Waals surface area contributed by atoms with Crippen molar-refractivity contribution >= 4 is 56.9 Å². The molecule has 7 heteroatoms. The molecule has 1 aromatic carbocycles. The normalized spacial score (nSPS) is 11.1. The molecule has 0 aliphatic heterocycles. The number of halogens is 4. The van der Waals surface area contributed by atoms with E-state index in [1.807, 2.05) is 13.0 Å². The minimum absolute atomic E-state index is 0.353. The van der Waals surface area contributed by atoms with Gasteiger partial charge in [0.05, 0.1) is 0 Å². The standard InChI is InChI=1S/C10H8BrCl3O3/c1-6-2-7(11)4-8(3-6)17-9(15)16-5-10(12,13)14/h2-4H,5H2,1H3. The molecule has 0 aliphatic rings.